The molecule has 2 aromatic rings. The molecule has 0 bridgehead atoms. The van der Waals surface area contributed by atoms with Gasteiger partial charge in [-0.05, 0) is 24.0 Å². The minimum absolute atomic E-state index is 0.0783. The lowest BCUT2D eigenvalue weighted by atomic mass is 9.79. The van der Waals surface area contributed by atoms with Crippen LogP contribution in [-0.4, -0.2) is 15.8 Å². The van der Waals surface area contributed by atoms with Gasteiger partial charge in [0.25, 0.3) is 0 Å². The molecule has 132 valence electrons. The third kappa shape index (κ3) is 4.35. The standard InChI is InChI=1S/C17H17Cl3N4O/c1-16(2)8-10(7-11(25)9-16)23-24-14-12-5-3-4-6-13(12)21-15(22-14)17(18,19)20/h3-7,23H,8-9H2,1-2H3,(H,21,22,24). The number of rotatable bonds is 3. The largest absolute Gasteiger partial charge is 0.304 e. The topological polar surface area (TPSA) is 66.9 Å². The van der Waals surface area contributed by atoms with Crippen LogP contribution >= 0.6 is 34.8 Å². The number of ketones is 1. The average molecular weight is 400 g/mol. The molecule has 1 aliphatic carbocycles. The number of halogens is 3. The zero-order chi connectivity index (χ0) is 18.2. The molecule has 0 spiro atoms. The van der Waals surface area contributed by atoms with E-state index in [1.807, 2.05) is 24.3 Å². The third-order valence-electron chi connectivity index (χ3n) is 3.86. The molecule has 0 atom stereocenters. The van der Waals surface area contributed by atoms with Gasteiger partial charge in [-0.2, -0.15) is 0 Å². The molecule has 25 heavy (non-hydrogen) atoms. The summed E-state index contributed by atoms with van der Waals surface area (Å²) < 4.78 is -1.73. The van der Waals surface area contributed by atoms with Crippen molar-refractivity contribution < 1.29 is 4.79 Å². The van der Waals surface area contributed by atoms with Crippen molar-refractivity contribution in [2.45, 2.75) is 30.5 Å². The number of nitrogens with one attached hydrogen (secondary N) is 2. The van der Waals surface area contributed by atoms with Gasteiger partial charge in [0.15, 0.2) is 17.4 Å². The summed E-state index contributed by atoms with van der Waals surface area (Å²) in [5.41, 5.74) is 7.45. The Bertz CT molecular complexity index is 859. The van der Waals surface area contributed by atoms with Crippen LogP contribution in [0.2, 0.25) is 0 Å². The average Bonchev–Trinajstić information content (AvgIpc) is 2.49. The number of carbonyl (C=O) groups is 1. The highest BCUT2D eigenvalue weighted by Crippen LogP contribution is 2.37. The quantitative estimate of drug-likeness (QED) is 0.581. The smallest absolute Gasteiger partial charge is 0.250 e. The molecular weight excluding hydrogens is 383 g/mol. The maximum absolute atomic E-state index is 11.9. The van der Waals surface area contributed by atoms with Gasteiger partial charge >= 0.3 is 0 Å². The van der Waals surface area contributed by atoms with Crippen LogP contribution in [0.25, 0.3) is 10.9 Å². The van der Waals surface area contributed by atoms with E-state index in [0.717, 1.165) is 17.5 Å². The van der Waals surface area contributed by atoms with E-state index >= 15 is 0 Å². The monoisotopic (exact) mass is 398 g/mol. The van der Waals surface area contributed by atoms with Crippen molar-refractivity contribution in [2.24, 2.45) is 5.41 Å². The fourth-order valence-electron chi connectivity index (χ4n) is 2.86. The Kier molecular flexibility index (Phi) is 4.84. The molecule has 1 aliphatic rings. The first-order valence-corrected chi connectivity index (χ1v) is 8.87. The van der Waals surface area contributed by atoms with Crippen molar-refractivity contribution in [1.82, 2.24) is 15.4 Å². The SMILES string of the molecule is CC1(C)CC(=O)C=C(NNc2nc(C(Cl)(Cl)Cl)nc3ccccc23)C1. The van der Waals surface area contributed by atoms with Crippen molar-refractivity contribution >= 4 is 57.3 Å². The Morgan fingerprint density at radius 2 is 1.80 bits per heavy atom. The number of benzene rings is 1. The first-order valence-electron chi connectivity index (χ1n) is 7.73. The Hall–Kier alpha value is -1.56. The first kappa shape index (κ1) is 18.2. The van der Waals surface area contributed by atoms with E-state index in [-0.39, 0.29) is 17.0 Å². The molecule has 1 heterocycles. The molecule has 0 unspecified atom stereocenters. The summed E-state index contributed by atoms with van der Waals surface area (Å²) in [6, 6.07) is 7.40. The molecule has 5 nitrogen and oxygen atoms in total. The molecule has 8 heteroatoms. The number of nitrogens with zero attached hydrogens (tertiary/aromatic N) is 2. The molecule has 0 amide bonds. The van der Waals surface area contributed by atoms with Crippen LogP contribution in [0.3, 0.4) is 0 Å². The number of alkyl halides is 3. The molecule has 1 aromatic carbocycles. The summed E-state index contributed by atoms with van der Waals surface area (Å²) in [4.78, 5) is 20.5. The predicted octanol–water partition coefficient (Wildman–Crippen LogP) is 4.65. The summed E-state index contributed by atoms with van der Waals surface area (Å²) in [5, 5.41) is 0.773. The predicted molar refractivity (Wildman–Crippen MR) is 102 cm³/mol. The van der Waals surface area contributed by atoms with E-state index in [1.54, 1.807) is 6.08 Å². The lowest BCUT2D eigenvalue weighted by Crippen LogP contribution is -2.31. The van der Waals surface area contributed by atoms with E-state index in [2.05, 4.69) is 34.7 Å². The Morgan fingerprint density at radius 1 is 1.08 bits per heavy atom. The van der Waals surface area contributed by atoms with Gasteiger partial charge in [-0.15, -0.1) is 0 Å². The third-order valence-corrected chi connectivity index (χ3v) is 4.36. The maximum Gasteiger partial charge on any atom is 0.250 e. The van der Waals surface area contributed by atoms with Crippen LogP contribution < -0.4 is 10.9 Å². The summed E-state index contributed by atoms with van der Waals surface area (Å²) >= 11 is 17.8. The van der Waals surface area contributed by atoms with Crippen LogP contribution in [0.5, 0.6) is 0 Å². The summed E-state index contributed by atoms with van der Waals surface area (Å²) in [6.07, 6.45) is 2.88. The molecule has 0 saturated carbocycles. The van der Waals surface area contributed by atoms with Gasteiger partial charge < -0.3 is 5.43 Å². The van der Waals surface area contributed by atoms with Crippen molar-refractivity contribution in [3.05, 3.63) is 41.9 Å². The van der Waals surface area contributed by atoms with E-state index < -0.39 is 3.79 Å². The number of hydrazine groups is 1. The van der Waals surface area contributed by atoms with Crippen molar-refractivity contribution in [1.29, 1.82) is 0 Å². The molecule has 0 fully saturated rings. The number of para-hydroxylation sites is 1. The number of hydrogen-bond acceptors (Lipinski definition) is 5. The Labute approximate surface area is 160 Å². The highest BCUT2D eigenvalue weighted by molar-refractivity contribution is 6.66. The van der Waals surface area contributed by atoms with Gasteiger partial charge in [-0.3, -0.25) is 10.2 Å². The fraction of sp³-hybridized carbons (Fsp3) is 0.353. The molecule has 3 rings (SSSR count). The van der Waals surface area contributed by atoms with Crippen LogP contribution in [-0.2, 0) is 8.59 Å². The first-order chi connectivity index (χ1) is 11.6. The van der Waals surface area contributed by atoms with E-state index in [9.17, 15) is 4.79 Å². The minimum atomic E-state index is -1.73. The van der Waals surface area contributed by atoms with Crippen LogP contribution in [0.4, 0.5) is 5.82 Å². The van der Waals surface area contributed by atoms with Gasteiger partial charge in [0.2, 0.25) is 3.79 Å². The van der Waals surface area contributed by atoms with E-state index in [1.165, 1.54) is 0 Å². The lowest BCUT2D eigenvalue weighted by Gasteiger charge is -2.29. The maximum atomic E-state index is 11.9. The van der Waals surface area contributed by atoms with Crippen LogP contribution in [0.1, 0.15) is 32.5 Å². The van der Waals surface area contributed by atoms with Gasteiger partial charge in [0.05, 0.1) is 5.52 Å². The van der Waals surface area contributed by atoms with Crippen molar-refractivity contribution in [3.8, 4) is 0 Å². The number of carbonyl (C=O) groups excluding carboxylic acids is 1. The van der Waals surface area contributed by atoms with Crippen molar-refractivity contribution in [2.75, 3.05) is 5.43 Å². The number of hydrogen-bond donors (Lipinski definition) is 2. The number of fused-ring (bicyclic) bond motifs is 1. The van der Waals surface area contributed by atoms with Crippen LogP contribution in [0.15, 0.2) is 36.0 Å². The second-order valence-electron chi connectivity index (χ2n) is 6.81. The van der Waals surface area contributed by atoms with Gasteiger partial charge in [-0.25, -0.2) is 9.97 Å². The minimum Gasteiger partial charge on any atom is -0.304 e. The lowest BCUT2D eigenvalue weighted by molar-refractivity contribution is -0.117. The van der Waals surface area contributed by atoms with Crippen LogP contribution in [0, 0.1) is 5.41 Å². The Balaban J connectivity index is 1.92. The molecule has 0 radical (unpaired) electrons. The number of allylic oxidation sites excluding steroid dienone is 2. The molecular formula is C17H17Cl3N4O. The van der Waals surface area contributed by atoms with Gasteiger partial charge in [0.1, 0.15) is 0 Å². The highest BCUT2D eigenvalue weighted by Gasteiger charge is 2.29. The van der Waals surface area contributed by atoms with Gasteiger partial charge in [0, 0.05) is 23.6 Å². The molecule has 0 aliphatic heterocycles. The second kappa shape index (κ2) is 6.63. The normalized spacial score (nSPS) is 17.3. The molecule has 2 N–H and O–H groups in total. The number of anilines is 1. The van der Waals surface area contributed by atoms with Gasteiger partial charge in [-0.1, -0.05) is 60.8 Å². The Morgan fingerprint density at radius 3 is 2.48 bits per heavy atom. The molecule has 0 saturated heterocycles. The summed E-state index contributed by atoms with van der Waals surface area (Å²) in [5.74, 6) is 0.647. The number of aromatic nitrogens is 2. The fourth-order valence-corrected chi connectivity index (χ4v) is 3.12. The summed E-state index contributed by atoms with van der Waals surface area (Å²) in [7, 11) is 0. The molecule has 1 aromatic heterocycles. The highest BCUT2D eigenvalue weighted by atomic mass is 35.6. The summed E-state index contributed by atoms with van der Waals surface area (Å²) in [6.45, 7) is 4.11. The van der Waals surface area contributed by atoms with E-state index in [0.29, 0.717) is 17.8 Å². The van der Waals surface area contributed by atoms with Crippen molar-refractivity contribution in [3.63, 3.8) is 0 Å². The van der Waals surface area contributed by atoms with E-state index in [4.69, 9.17) is 34.8 Å². The zero-order valence-corrected chi connectivity index (χ0v) is 16.0. The second-order valence-corrected chi connectivity index (χ2v) is 9.10. The zero-order valence-electron chi connectivity index (χ0n) is 13.7.